The molecule has 2 aromatic rings. The number of carbonyl (C=O) groups excluding carboxylic acids is 1. The second-order valence-corrected chi connectivity index (χ2v) is 7.49. The lowest BCUT2D eigenvalue weighted by molar-refractivity contribution is 0.101. The molecule has 7 nitrogen and oxygen atoms in total. The Morgan fingerprint density at radius 2 is 1.93 bits per heavy atom. The highest BCUT2D eigenvalue weighted by Gasteiger charge is 2.24. The summed E-state index contributed by atoms with van der Waals surface area (Å²) in [6, 6.07) is 3.57. The average Bonchev–Trinajstić information content (AvgIpc) is 3.07. The average molecular weight is 392 g/mol. The second kappa shape index (κ2) is 8.64. The van der Waals surface area contributed by atoms with Crippen LogP contribution in [-0.2, 0) is 6.54 Å². The number of hydrogen-bond acceptors (Lipinski definition) is 5. The van der Waals surface area contributed by atoms with E-state index in [1.54, 1.807) is 12.3 Å². The summed E-state index contributed by atoms with van der Waals surface area (Å²) < 4.78 is 28.0. The molecule has 0 bridgehead atoms. The number of nitrogens with zero attached hydrogens (tertiary/aromatic N) is 5. The third-order valence-corrected chi connectivity index (χ3v) is 4.63. The van der Waals surface area contributed by atoms with Crippen LogP contribution < -0.4 is 10.2 Å². The van der Waals surface area contributed by atoms with Crippen LogP contribution in [0.5, 0.6) is 0 Å². The minimum atomic E-state index is -2.81. The van der Waals surface area contributed by atoms with Crippen molar-refractivity contribution in [2.75, 3.05) is 43.4 Å². The number of piperazine rings is 1. The molecule has 9 heteroatoms. The summed E-state index contributed by atoms with van der Waals surface area (Å²) in [7, 11) is 2.08. The van der Waals surface area contributed by atoms with E-state index >= 15 is 0 Å². The van der Waals surface area contributed by atoms with Crippen molar-refractivity contribution in [2.24, 2.45) is 5.92 Å². The minimum absolute atomic E-state index is 0.112. The summed E-state index contributed by atoms with van der Waals surface area (Å²) in [5.41, 5.74) is -0.154. The van der Waals surface area contributed by atoms with E-state index in [4.69, 9.17) is 0 Å². The first-order valence-electron chi connectivity index (χ1n) is 9.40. The van der Waals surface area contributed by atoms with E-state index in [1.807, 2.05) is 19.9 Å². The summed E-state index contributed by atoms with van der Waals surface area (Å²) in [5, 5.41) is 6.52. The number of alkyl halides is 2. The highest BCUT2D eigenvalue weighted by Crippen LogP contribution is 2.23. The van der Waals surface area contributed by atoms with Crippen molar-refractivity contribution in [3.05, 3.63) is 35.8 Å². The third kappa shape index (κ3) is 4.83. The molecule has 0 radical (unpaired) electrons. The first-order chi connectivity index (χ1) is 13.3. The van der Waals surface area contributed by atoms with Crippen molar-refractivity contribution in [3.63, 3.8) is 0 Å². The number of rotatable bonds is 6. The zero-order valence-corrected chi connectivity index (χ0v) is 16.4. The van der Waals surface area contributed by atoms with Crippen molar-refractivity contribution < 1.29 is 13.6 Å². The lowest BCUT2D eigenvalue weighted by Crippen LogP contribution is -2.44. The van der Waals surface area contributed by atoms with Crippen LogP contribution in [0, 0.1) is 5.92 Å². The molecular weight excluding hydrogens is 366 g/mol. The molecular formula is C19H26F2N6O. The predicted octanol–water partition coefficient (Wildman–Crippen LogP) is 2.88. The largest absolute Gasteiger partial charge is 0.354 e. The fourth-order valence-electron chi connectivity index (χ4n) is 3.12. The zero-order valence-electron chi connectivity index (χ0n) is 16.4. The van der Waals surface area contributed by atoms with Gasteiger partial charge in [-0.15, -0.1) is 0 Å². The summed E-state index contributed by atoms with van der Waals surface area (Å²) in [6.07, 6.45) is 0.113. The molecule has 0 aromatic carbocycles. The Bertz CT molecular complexity index is 797. The Kier molecular flexibility index (Phi) is 6.23. The SMILES string of the molecule is CC(C)Cn1cc(C(=O)Nc2ccc(N3CCN(C)CC3)nc2)c(C(F)F)n1. The number of amides is 1. The summed E-state index contributed by atoms with van der Waals surface area (Å²) in [6.45, 7) is 8.10. The normalized spacial score (nSPS) is 15.5. The number of nitrogens with one attached hydrogen (secondary N) is 1. The highest BCUT2D eigenvalue weighted by atomic mass is 19.3. The van der Waals surface area contributed by atoms with E-state index in [9.17, 15) is 13.6 Å². The molecule has 0 saturated carbocycles. The predicted molar refractivity (Wildman–Crippen MR) is 104 cm³/mol. The number of likely N-dealkylation sites (N-methyl/N-ethyl adjacent to an activating group) is 1. The van der Waals surface area contributed by atoms with Crippen LogP contribution in [0.4, 0.5) is 20.3 Å². The number of hydrogen-bond donors (Lipinski definition) is 1. The van der Waals surface area contributed by atoms with E-state index in [2.05, 4.69) is 32.2 Å². The maximum absolute atomic E-state index is 13.3. The second-order valence-electron chi connectivity index (χ2n) is 7.49. The minimum Gasteiger partial charge on any atom is -0.354 e. The molecule has 28 heavy (non-hydrogen) atoms. The zero-order chi connectivity index (χ0) is 20.3. The molecule has 1 saturated heterocycles. The first-order valence-corrected chi connectivity index (χ1v) is 9.40. The molecule has 3 rings (SSSR count). The highest BCUT2D eigenvalue weighted by molar-refractivity contribution is 6.04. The van der Waals surface area contributed by atoms with Crippen LogP contribution in [0.1, 0.15) is 36.3 Å². The fourth-order valence-corrected chi connectivity index (χ4v) is 3.12. The standard InChI is InChI=1S/C19H26F2N6O/c1-13(2)11-27-12-15(17(24-27)18(20)21)19(28)23-14-4-5-16(22-10-14)26-8-6-25(3)7-9-26/h4-5,10,12-13,18H,6-9,11H2,1-3H3,(H,23,28). The molecule has 3 heterocycles. The summed E-state index contributed by atoms with van der Waals surface area (Å²) in [4.78, 5) is 21.4. The van der Waals surface area contributed by atoms with Gasteiger partial charge in [-0.3, -0.25) is 9.48 Å². The molecule has 2 aromatic heterocycles. The van der Waals surface area contributed by atoms with Crippen LogP contribution in [0.25, 0.3) is 0 Å². The lowest BCUT2D eigenvalue weighted by atomic mass is 10.2. The number of anilines is 2. The van der Waals surface area contributed by atoms with Gasteiger partial charge in [0.15, 0.2) is 0 Å². The fraction of sp³-hybridized carbons (Fsp3) is 0.526. The maximum Gasteiger partial charge on any atom is 0.282 e. The molecule has 0 aliphatic carbocycles. The topological polar surface area (TPSA) is 66.3 Å². The quantitative estimate of drug-likeness (QED) is 0.819. The van der Waals surface area contributed by atoms with Gasteiger partial charge in [0.1, 0.15) is 11.5 Å². The molecule has 152 valence electrons. The molecule has 0 unspecified atom stereocenters. The number of halogens is 2. The monoisotopic (exact) mass is 392 g/mol. The van der Waals surface area contributed by atoms with Crippen molar-refractivity contribution in [1.29, 1.82) is 0 Å². The molecule has 0 atom stereocenters. The van der Waals surface area contributed by atoms with Gasteiger partial charge in [-0.05, 0) is 25.1 Å². The Morgan fingerprint density at radius 3 is 2.50 bits per heavy atom. The molecule has 1 N–H and O–H groups in total. The van der Waals surface area contributed by atoms with E-state index < -0.39 is 18.0 Å². The lowest BCUT2D eigenvalue weighted by Gasteiger charge is -2.33. The van der Waals surface area contributed by atoms with Crippen LogP contribution in [0.2, 0.25) is 0 Å². The summed E-state index contributed by atoms with van der Waals surface area (Å²) >= 11 is 0. The Morgan fingerprint density at radius 1 is 1.21 bits per heavy atom. The Labute approximate surface area is 163 Å². The Hall–Kier alpha value is -2.55. The molecule has 0 spiro atoms. The third-order valence-electron chi connectivity index (χ3n) is 4.63. The van der Waals surface area contributed by atoms with Crippen molar-refractivity contribution >= 4 is 17.4 Å². The van der Waals surface area contributed by atoms with Crippen LogP contribution in [0.3, 0.4) is 0 Å². The molecule has 1 aliphatic heterocycles. The van der Waals surface area contributed by atoms with Gasteiger partial charge >= 0.3 is 0 Å². The van der Waals surface area contributed by atoms with E-state index in [0.29, 0.717) is 12.2 Å². The van der Waals surface area contributed by atoms with Gasteiger partial charge in [0.05, 0.1) is 17.4 Å². The number of aromatic nitrogens is 3. The van der Waals surface area contributed by atoms with E-state index in [1.165, 1.54) is 10.9 Å². The van der Waals surface area contributed by atoms with Gasteiger partial charge in [0, 0.05) is 38.9 Å². The van der Waals surface area contributed by atoms with Crippen LogP contribution in [-0.4, -0.2) is 58.8 Å². The van der Waals surface area contributed by atoms with Crippen molar-refractivity contribution in [1.82, 2.24) is 19.7 Å². The van der Waals surface area contributed by atoms with Crippen molar-refractivity contribution in [2.45, 2.75) is 26.8 Å². The maximum atomic E-state index is 13.3. The first kappa shape index (κ1) is 20.2. The van der Waals surface area contributed by atoms with Gasteiger partial charge in [0.25, 0.3) is 12.3 Å². The number of carbonyl (C=O) groups is 1. The van der Waals surface area contributed by atoms with Gasteiger partial charge in [-0.1, -0.05) is 13.8 Å². The smallest absolute Gasteiger partial charge is 0.282 e. The number of pyridine rings is 1. The Balaban J connectivity index is 1.70. The van der Waals surface area contributed by atoms with Crippen LogP contribution in [0.15, 0.2) is 24.5 Å². The molecule has 1 amide bonds. The van der Waals surface area contributed by atoms with Gasteiger partial charge in [-0.2, -0.15) is 5.10 Å². The van der Waals surface area contributed by atoms with E-state index in [-0.39, 0.29) is 11.5 Å². The van der Waals surface area contributed by atoms with E-state index in [0.717, 1.165) is 32.0 Å². The molecule has 1 fully saturated rings. The van der Waals surface area contributed by atoms with Gasteiger partial charge < -0.3 is 15.1 Å². The van der Waals surface area contributed by atoms with Crippen molar-refractivity contribution in [3.8, 4) is 0 Å². The summed E-state index contributed by atoms with van der Waals surface area (Å²) in [5.74, 6) is 0.455. The molecule has 1 aliphatic rings. The van der Waals surface area contributed by atoms with Crippen LogP contribution >= 0.6 is 0 Å². The van der Waals surface area contributed by atoms with Gasteiger partial charge in [0.2, 0.25) is 0 Å². The van der Waals surface area contributed by atoms with Gasteiger partial charge in [-0.25, -0.2) is 13.8 Å².